The lowest BCUT2D eigenvalue weighted by molar-refractivity contribution is -0.129. The van der Waals surface area contributed by atoms with Crippen LogP contribution in [0.3, 0.4) is 0 Å². The average Bonchev–Trinajstić information content (AvgIpc) is 3.16. The largest absolute Gasteiger partial charge is 0.490 e. The van der Waals surface area contributed by atoms with Gasteiger partial charge in [-0.1, -0.05) is 24.2 Å². The zero-order chi connectivity index (χ0) is 21.7. The van der Waals surface area contributed by atoms with Crippen molar-refractivity contribution in [2.45, 2.75) is 19.5 Å². The second kappa shape index (κ2) is 7.66. The molecule has 1 saturated heterocycles. The maximum Gasteiger partial charge on any atom is 0.246 e. The van der Waals surface area contributed by atoms with E-state index < -0.39 is 5.82 Å². The molecule has 1 aromatic heterocycles. The molecule has 6 nitrogen and oxygen atoms in total. The number of aryl methyl sites for hydroxylation is 1. The van der Waals surface area contributed by atoms with E-state index in [-0.39, 0.29) is 17.0 Å². The molecule has 2 aliphatic heterocycles. The number of nitrogens with zero attached hydrogens (tertiary/aromatic N) is 3. The fourth-order valence-electron chi connectivity index (χ4n) is 4.56. The van der Waals surface area contributed by atoms with E-state index >= 15 is 4.39 Å². The van der Waals surface area contributed by atoms with E-state index in [0.717, 1.165) is 11.1 Å². The quantitative estimate of drug-likeness (QED) is 0.613. The molecule has 8 heteroatoms. The average molecular weight is 441 g/mol. The zero-order valence-electron chi connectivity index (χ0n) is 17.1. The van der Waals surface area contributed by atoms with Crippen LogP contribution in [0.2, 0.25) is 5.02 Å². The molecule has 1 fully saturated rings. The third-order valence-electron chi connectivity index (χ3n) is 6.18. The number of carbonyl (C=O) groups excluding carboxylic acids is 1. The number of hydrogen-bond acceptors (Lipinski definition) is 4. The summed E-state index contributed by atoms with van der Waals surface area (Å²) in [5.74, 6) is 0.0150. The molecule has 2 aliphatic rings. The van der Waals surface area contributed by atoms with Crippen molar-refractivity contribution in [3.05, 3.63) is 59.1 Å². The maximum absolute atomic E-state index is 15.4. The molecular weight excluding hydrogens is 419 g/mol. The summed E-state index contributed by atoms with van der Waals surface area (Å²) >= 11 is 6.78. The summed E-state index contributed by atoms with van der Waals surface area (Å²) in [5, 5.41) is 0.257. The van der Waals surface area contributed by atoms with Crippen LogP contribution in [-0.4, -0.2) is 58.0 Å². The van der Waals surface area contributed by atoms with Gasteiger partial charge in [-0.05, 0) is 30.7 Å². The molecule has 0 bridgehead atoms. The number of amides is 1. The number of ether oxygens (including phenoxy) is 1. The van der Waals surface area contributed by atoms with Gasteiger partial charge < -0.3 is 14.6 Å². The molecule has 1 amide bonds. The molecule has 0 saturated carbocycles. The van der Waals surface area contributed by atoms with Crippen molar-refractivity contribution in [3.63, 3.8) is 0 Å². The molecule has 3 heterocycles. The number of carbonyl (C=O) groups is 1. The molecule has 1 N–H and O–H groups in total. The van der Waals surface area contributed by atoms with Gasteiger partial charge in [0.1, 0.15) is 18.2 Å². The molecule has 1 unspecified atom stereocenters. The Morgan fingerprint density at radius 1 is 1.39 bits per heavy atom. The molecule has 1 atom stereocenters. The SMILES string of the molecule is C=CC(=O)N1CCN2Cc3cc(F)c(-c4c(C)ccc5[nH]cnc45)c(Cl)c3OCC2C1. The summed E-state index contributed by atoms with van der Waals surface area (Å²) in [5.41, 5.74) is 4.05. The van der Waals surface area contributed by atoms with Crippen molar-refractivity contribution in [2.75, 3.05) is 26.2 Å². The second-order valence-corrected chi connectivity index (χ2v) is 8.39. The highest BCUT2D eigenvalue weighted by Gasteiger charge is 2.34. The molecule has 2 aromatic carbocycles. The number of benzene rings is 2. The Hall–Kier alpha value is -2.90. The van der Waals surface area contributed by atoms with Crippen LogP contribution < -0.4 is 4.74 Å². The summed E-state index contributed by atoms with van der Waals surface area (Å²) in [6.07, 6.45) is 2.92. The zero-order valence-corrected chi connectivity index (χ0v) is 17.9. The van der Waals surface area contributed by atoms with Crippen LogP contribution >= 0.6 is 11.6 Å². The van der Waals surface area contributed by atoms with Crippen molar-refractivity contribution in [1.82, 2.24) is 19.8 Å². The highest BCUT2D eigenvalue weighted by Crippen LogP contribution is 2.44. The van der Waals surface area contributed by atoms with E-state index in [0.29, 0.717) is 60.7 Å². The lowest BCUT2D eigenvalue weighted by Gasteiger charge is -2.39. The second-order valence-electron chi connectivity index (χ2n) is 8.02. The van der Waals surface area contributed by atoms with Gasteiger partial charge in [0.2, 0.25) is 5.91 Å². The summed E-state index contributed by atoms with van der Waals surface area (Å²) in [4.78, 5) is 23.5. The predicted octanol–water partition coefficient (Wildman–Crippen LogP) is 3.92. The van der Waals surface area contributed by atoms with Crippen LogP contribution in [0.15, 0.2) is 37.2 Å². The predicted molar refractivity (Wildman–Crippen MR) is 118 cm³/mol. The van der Waals surface area contributed by atoms with Crippen molar-refractivity contribution in [1.29, 1.82) is 0 Å². The van der Waals surface area contributed by atoms with Crippen LogP contribution in [-0.2, 0) is 11.3 Å². The summed E-state index contributed by atoms with van der Waals surface area (Å²) in [6.45, 7) is 8.19. The number of aromatic nitrogens is 2. The Balaban J connectivity index is 1.56. The Morgan fingerprint density at radius 2 is 2.23 bits per heavy atom. The number of halogens is 2. The minimum absolute atomic E-state index is 0.00383. The van der Waals surface area contributed by atoms with Gasteiger partial charge >= 0.3 is 0 Å². The molecular formula is C23H22ClFN4O2. The van der Waals surface area contributed by atoms with Crippen molar-refractivity contribution >= 4 is 28.5 Å². The van der Waals surface area contributed by atoms with Gasteiger partial charge in [-0.3, -0.25) is 9.69 Å². The number of aromatic amines is 1. The van der Waals surface area contributed by atoms with E-state index in [1.165, 1.54) is 12.1 Å². The lowest BCUT2D eigenvalue weighted by Crippen LogP contribution is -2.55. The lowest BCUT2D eigenvalue weighted by atomic mass is 9.96. The minimum atomic E-state index is -0.398. The smallest absolute Gasteiger partial charge is 0.246 e. The van der Waals surface area contributed by atoms with Gasteiger partial charge in [0.05, 0.1) is 28.4 Å². The van der Waals surface area contributed by atoms with E-state index in [4.69, 9.17) is 16.3 Å². The van der Waals surface area contributed by atoms with E-state index in [2.05, 4.69) is 21.4 Å². The maximum atomic E-state index is 15.4. The van der Waals surface area contributed by atoms with E-state index in [9.17, 15) is 4.79 Å². The van der Waals surface area contributed by atoms with E-state index in [1.807, 2.05) is 19.1 Å². The fraction of sp³-hybridized carbons (Fsp3) is 0.304. The van der Waals surface area contributed by atoms with Crippen LogP contribution in [0, 0.1) is 12.7 Å². The third-order valence-corrected chi connectivity index (χ3v) is 6.55. The van der Waals surface area contributed by atoms with E-state index in [1.54, 1.807) is 11.2 Å². The first-order valence-electron chi connectivity index (χ1n) is 10.2. The van der Waals surface area contributed by atoms with Crippen LogP contribution in [0.4, 0.5) is 4.39 Å². The fourth-order valence-corrected chi connectivity index (χ4v) is 4.92. The van der Waals surface area contributed by atoms with Gasteiger partial charge in [0.25, 0.3) is 0 Å². The molecule has 0 aliphatic carbocycles. The van der Waals surface area contributed by atoms with Crippen LogP contribution in [0.1, 0.15) is 11.1 Å². The highest BCUT2D eigenvalue weighted by atomic mass is 35.5. The standard InChI is InChI=1S/C23H22ClFN4O2/c1-3-18(30)29-7-6-28-9-14-8-16(25)20(21(24)23(14)31-11-15(28)10-29)19-13(2)4-5-17-22(19)27-12-26-17/h3-5,8,12,15H,1,6-7,9-11H2,2H3,(H,26,27). The van der Waals surface area contributed by atoms with Crippen molar-refractivity contribution in [3.8, 4) is 16.9 Å². The van der Waals surface area contributed by atoms with Crippen LogP contribution in [0.25, 0.3) is 22.2 Å². The molecule has 3 aromatic rings. The summed E-state index contributed by atoms with van der Waals surface area (Å²) < 4.78 is 21.6. The monoisotopic (exact) mass is 440 g/mol. The topological polar surface area (TPSA) is 61.5 Å². The number of hydrogen-bond donors (Lipinski definition) is 1. The number of fused-ring (bicyclic) bond motifs is 3. The Bertz CT molecular complexity index is 1210. The summed E-state index contributed by atoms with van der Waals surface area (Å²) in [6, 6.07) is 5.36. The van der Waals surface area contributed by atoms with Crippen molar-refractivity contribution in [2.24, 2.45) is 0 Å². The van der Waals surface area contributed by atoms with Crippen molar-refractivity contribution < 1.29 is 13.9 Å². The molecule has 160 valence electrons. The first-order chi connectivity index (χ1) is 15.0. The number of rotatable bonds is 2. The number of piperazine rings is 1. The van der Waals surface area contributed by atoms with Gasteiger partial charge in [0.15, 0.2) is 0 Å². The van der Waals surface area contributed by atoms with Gasteiger partial charge in [0, 0.05) is 42.9 Å². The number of nitrogens with one attached hydrogen (secondary N) is 1. The third kappa shape index (κ3) is 3.28. The van der Waals surface area contributed by atoms with Gasteiger partial charge in [-0.25, -0.2) is 9.37 Å². The molecule has 0 spiro atoms. The Labute approximate surface area is 184 Å². The van der Waals surface area contributed by atoms with Gasteiger partial charge in [-0.2, -0.15) is 0 Å². The Morgan fingerprint density at radius 3 is 3.03 bits per heavy atom. The first-order valence-corrected chi connectivity index (χ1v) is 10.6. The number of H-pyrrole nitrogens is 1. The molecule has 5 rings (SSSR count). The Kier molecular flexibility index (Phi) is 4.95. The normalized spacial score (nSPS) is 18.8. The highest BCUT2D eigenvalue weighted by molar-refractivity contribution is 6.35. The molecule has 31 heavy (non-hydrogen) atoms. The summed E-state index contributed by atoms with van der Waals surface area (Å²) in [7, 11) is 0. The van der Waals surface area contributed by atoms with Gasteiger partial charge in [-0.15, -0.1) is 0 Å². The van der Waals surface area contributed by atoms with Crippen LogP contribution in [0.5, 0.6) is 5.75 Å². The minimum Gasteiger partial charge on any atom is -0.490 e. The number of imidazole rings is 1. The first kappa shape index (κ1) is 20.0. The molecule has 0 radical (unpaired) electrons.